The maximum absolute atomic E-state index is 12.1. The van der Waals surface area contributed by atoms with Crippen molar-refractivity contribution in [2.75, 3.05) is 0 Å². The van der Waals surface area contributed by atoms with E-state index < -0.39 is 0 Å². The van der Waals surface area contributed by atoms with Gasteiger partial charge in [0.15, 0.2) is 0 Å². The zero-order valence-electron chi connectivity index (χ0n) is 11.5. The first kappa shape index (κ1) is 14.8. The highest BCUT2D eigenvalue weighted by atomic mass is 79.9. The van der Waals surface area contributed by atoms with E-state index in [-0.39, 0.29) is 11.9 Å². The van der Waals surface area contributed by atoms with Gasteiger partial charge in [0.05, 0.1) is 6.61 Å². The van der Waals surface area contributed by atoms with E-state index in [2.05, 4.69) is 21.4 Å². The Kier molecular flexibility index (Phi) is 4.98. The molecule has 2 aromatic rings. The maximum atomic E-state index is 12.1. The van der Waals surface area contributed by atoms with E-state index >= 15 is 0 Å². The van der Waals surface area contributed by atoms with Crippen LogP contribution in [0.15, 0.2) is 47.1 Å². The number of rotatable bonds is 5. The van der Waals surface area contributed by atoms with Crippen molar-refractivity contribution in [3.05, 3.63) is 58.3 Å². The van der Waals surface area contributed by atoms with Crippen molar-refractivity contribution < 1.29 is 9.63 Å². The second kappa shape index (κ2) is 6.72. The number of carbonyl (C=O) groups excluding carboxylic acids is 1. The van der Waals surface area contributed by atoms with Gasteiger partial charge in [0.1, 0.15) is 5.69 Å². The summed E-state index contributed by atoms with van der Waals surface area (Å²) in [6, 6.07) is 11.7. The van der Waals surface area contributed by atoms with E-state index in [1.165, 1.54) is 0 Å². The molecule has 0 spiro atoms. The van der Waals surface area contributed by atoms with E-state index in [4.69, 9.17) is 4.84 Å². The van der Waals surface area contributed by atoms with Crippen molar-refractivity contribution >= 4 is 21.8 Å². The summed E-state index contributed by atoms with van der Waals surface area (Å²) in [4.78, 5) is 17.3. The second-order valence-electron chi connectivity index (χ2n) is 4.75. The molecular weight excluding hydrogens is 320 g/mol. The monoisotopic (exact) mass is 336 g/mol. The maximum Gasteiger partial charge on any atom is 0.291 e. The number of nitrogens with one attached hydrogen (secondary N) is 1. The summed E-state index contributed by atoms with van der Waals surface area (Å²) in [5.74, 6) is -0.250. The number of carbonyl (C=O) groups is 1. The average molecular weight is 337 g/mol. The van der Waals surface area contributed by atoms with Crippen LogP contribution >= 0.6 is 15.9 Å². The van der Waals surface area contributed by atoms with E-state index in [1.807, 2.05) is 54.9 Å². The number of aromatic nitrogens is 1. The quantitative estimate of drug-likeness (QED) is 0.846. The molecule has 1 N–H and O–H groups in total. The van der Waals surface area contributed by atoms with Gasteiger partial charge in [-0.25, -0.2) is 5.48 Å². The van der Waals surface area contributed by atoms with E-state index in [0.717, 1.165) is 10.0 Å². The Morgan fingerprint density at radius 3 is 2.70 bits per heavy atom. The van der Waals surface area contributed by atoms with Crippen LogP contribution in [0.5, 0.6) is 0 Å². The molecule has 0 bridgehead atoms. The SMILES string of the molecule is CC(C)n1cc(Br)cc1C(=O)NOCc1ccccc1. The van der Waals surface area contributed by atoms with Crippen LogP contribution in [0.3, 0.4) is 0 Å². The number of halogens is 1. The van der Waals surface area contributed by atoms with Crippen molar-refractivity contribution in [1.82, 2.24) is 10.0 Å². The predicted molar refractivity (Wildman–Crippen MR) is 81.2 cm³/mol. The molecule has 0 saturated carbocycles. The van der Waals surface area contributed by atoms with Gasteiger partial charge >= 0.3 is 0 Å². The molecule has 4 nitrogen and oxygen atoms in total. The molecular formula is C15H17BrN2O2. The Morgan fingerprint density at radius 1 is 1.35 bits per heavy atom. The Balaban J connectivity index is 1.95. The van der Waals surface area contributed by atoms with Crippen LogP contribution in [0.2, 0.25) is 0 Å². The first-order valence-electron chi connectivity index (χ1n) is 6.41. The lowest BCUT2D eigenvalue weighted by molar-refractivity contribution is 0.0225. The predicted octanol–water partition coefficient (Wildman–Crippen LogP) is 3.69. The molecule has 106 valence electrons. The van der Waals surface area contributed by atoms with Gasteiger partial charge in [-0.3, -0.25) is 9.63 Å². The van der Waals surface area contributed by atoms with Gasteiger partial charge in [-0.15, -0.1) is 0 Å². The average Bonchev–Trinajstić information content (AvgIpc) is 2.82. The van der Waals surface area contributed by atoms with Gasteiger partial charge in [-0.1, -0.05) is 30.3 Å². The Labute approximate surface area is 126 Å². The summed E-state index contributed by atoms with van der Waals surface area (Å²) >= 11 is 3.38. The molecule has 0 unspecified atom stereocenters. The summed E-state index contributed by atoms with van der Waals surface area (Å²) in [5.41, 5.74) is 4.05. The molecule has 1 aromatic heterocycles. The van der Waals surface area contributed by atoms with E-state index in [9.17, 15) is 4.79 Å². The molecule has 0 radical (unpaired) electrons. The van der Waals surface area contributed by atoms with Crippen molar-refractivity contribution in [3.8, 4) is 0 Å². The summed E-state index contributed by atoms with van der Waals surface area (Å²) in [5, 5.41) is 0. The van der Waals surface area contributed by atoms with Crippen molar-refractivity contribution in [2.24, 2.45) is 0 Å². The third kappa shape index (κ3) is 3.71. The molecule has 0 fully saturated rings. The minimum absolute atomic E-state index is 0.205. The Bertz CT molecular complexity index is 579. The molecule has 0 saturated heterocycles. The van der Waals surface area contributed by atoms with E-state index in [1.54, 1.807) is 6.07 Å². The smallest absolute Gasteiger partial charge is 0.291 e. The van der Waals surface area contributed by atoms with Gasteiger partial charge in [0.25, 0.3) is 5.91 Å². The van der Waals surface area contributed by atoms with Gasteiger partial charge in [0.2, 0.25) is 0 Å². The number of hydrogen-bond donors (Lipinski definition) is 1. The molecule has 0 aliphatic rings. The minimum Gasteiger partial charge on any atom is -0.340 e. The highest BCUT2D eigenvalue weighted by Crippen LogP contribution is 2.19. The van der Waals surface area contributed by atoms with Gasteiger partial charge in [0, 0.05) is 16.7 Å². The summed E-state index contributed by atoms with van der Waals surface area (Å²) in [6.07, 6.45) is 1.89. The van der Waals surface area contributed by atoms with Gasteiger partial charge < -0.3 is 4.57 Å². The number of hydroxylamine groups is 1. The first-order valence-corrected chi connectivity index (χ1v) is 7.20. The van der Waals surface area contributed by atoms with Crippen molar-refractivity contribution in [2.45, 2.75) is 26.5 Å². The second-order valence-corrected chi connectivity index (χ2v) is 5.67. The molecule has 20 heavy (non-hydrogen) atoms. The van der Waals surface area contributed by atoms with Crippen LogP contribution in [-0.4, -0.2) is 10.5 Å². The Morgan fingerprint density at radius 2 is 2.05 bits per heavy atom. The summed E-state index contributed by atoms with van der Waals surface area (Å²) < 4.78 is 2.77. The molecule has 0 aliphatic carbocycles. The highest BCUT2D eigenvalue weighted by molar-refractivity contribution is 9.10. The topological polar surface area (TPSA) is 43.3 Å². The van der Waals surface area contributed by atoms with Crippen LogP contribution in [-0.2, 0) is 11.4 Å². The number of benzene rings is 1. The Hall–Kier alpha value is -1.59. The van der Waals surface area contributed by atoms with Crippen LogP contribution in [0.4, 0.5) is 0 Å². The van der Waals surface area contributed by atoms with Crippen LogP contribution < -0.4 is 5.48 Å². The first-order chi connectivity index (χ1) is 9.58. The fraction of sp³-hybridized carbons (Fsp3) is 0.267. The summed E-state index contributed by atoms with van der Waals surface area (Å²) in [6.45, 7) is 4.39. The number of hydrogen-bond acceptors (Lipinski definition) is 2. The van der Waals surface area contributed by atoms with E-state index in [0.29, 0.717) is 12.3 Å². The molecule has 0 atom stereocenters. The largest absolute Gasteiger partial charge is 0.340 e. The number of nitrogens with zero attached hydrogens (tertiary/aromatic N) is 1. The minimum atomic E-state index is -0.250. The molecule has 1 aromatic carbocycles. The third-order valence-corrected chi connectivity index (χ3v) is 3.28. The normalized spacial score (nSPS) is 10.8. The standard InChI is InChI=1S/C15H17BrN2O2/c1-11(2)18-9-13(16)8-14(18)15(19)17-20-10-12-6-4-3-5-7-12/h3-9,11H,10H2,1-2H3,(H,17,19). The van der Waals surface area contributed by atoms with Gasteiger partial charge in [-0.2, -0.15) is 0 Å². The van der Waals surface area contributed by atoms with Crippen LogP contribution in [0, 0.1) is 0 Å². The lowest BCUT2D eigenvalue weighted by Gasteiger charge is -2.12. The zero-order chi connectivity index (χ0) is 14.5. The van der Waals surface area contributed by atoms with Crippen LogP contribution in [0.25, 0.3) is 0 Å². The van der Waals surface area contributed by atoms with Crippen molar-refractivity contribution in [3.63, 3.8) is 0 Å². The van der Waals surface area contributed by atoms with Crippen LogP contribution in [0.1, 0.15) is 35.9 Å². The molecule has 1 heterocycles. The fourth-order valence-electron chi connectivity index (χ4n) is 1.87. The number of amides is 1. The summed E-state index contributed by atoms with van der Waals surface area (Å²) in [7, 11) is 0. The van der Waals surface area contributed by atoms with Gasteiger partial charge in [-0.05, 0) is 41.4 Å². The fourth-order valence-corrected chi connectivity index (χ4v) is 2.30. The molecule has 1 amide bonds. The lowest BCUT2D eigenvalue weighted by Crippen LogP contribution is -2.26. The zero-order valence-corrected chi connectivity index (χ0v) is 13.1. The molecule has 5 heteroatoms. The molecule has 2 rings (SSSR count). The molecule has 0 aliphatic heterocycles. The third-order valence-electron chi connectivity index (χ3n) is 2.85. The van der Waals surface area contributed by atoms with Crippen molar-refractivity contribution in [1.29, 1.82) is 0 Å². The highest BCUT2D eigenvalue weighted by Gasteiger charge is 2.14. The lowest BCUT2D eigenvalue weighted by atomic mass is 10.2.